The number of pyridine rings is 1. The number of carbonyl (C=O) groups is 2. The molecule has 0 aliphatic rings. The molecule has 0 spiro atoms. The first-order valence-electron chi connectivity index (χ1n) is 10.5. The minimum Gasteiger partial charge on any atom is -0.452 e. The van der Waals surface area contributed by atoms with E-state index >= 15 is 0 Å². The van der Waals surface area contributed by atoms with E-state index in [0.717, 1.165) is 16.7 Å². The third-order valence-corrected chi connectivity index (χ3v) is 5.86. The molecule has 4 rings (SSSR count). The number of rotatable bonds is 5. The molecule has 1 N–H and O–H groups in total. The van der Waals surface area contributed by atoms with Gasteiger partial charge in [0.05, 0.1) is 16.8 Å². The molecule has 3 aromatic carbocycles. The highest BCUT2D eigenvalue weighted by Crippen LogP contribution is 2.30. The van der Waals surface area contributed by atoms with E-state index in [2.05, 4.69) is 5.32 Å². The average Bonchev–Trinajstić information content (AvgIpc) is 2.80. The van der Waals surface area contributed by atoms with Crippen molar-refractivity contribution in [2.24, 2.45) is 0 Å². The Morgan fingerprint density at radius 2 is 1.70 bits per heavy atom. The highest BCUT2D eigenvalue weighted by atomic mass is 35.5. The van der Waals surface area contributed by atoms with Crippen LogP contribution in [0.3, 0.4) is 0 Å². The Morgan fingerprint density at radius 1 is 0.970 bits per heavy atom. The Bertz CT molecular complexity index is 1360. The van der Waals surface area contributed by atoms with Crippen LogP contribution < -0.4 is 5.32 Å². The zero-order valence-corrected chi connectivity index (χ0v) is 19.4. The molecule has 0 atom stereocenters. The van der Waals surface area contributed by atoms with E-state index < -0.39 is 18.5 Å². The van der Waals surface area contributed by atoms with Crippen LogP contribution in [0.25, 0.3) is 22.2 Å². The normalized spacial score (nSPS) is 10.8. The molecular weight excluding hydrogens is 436 g/mol. The zero-order valence-electron chi connectivity index (χ0n) is 18.6. The van der Waals surface area contributed by atoms with Crippen molar-refractivity contribution in [2.75, 3.05) is 11.9 Å². The van der Waals surface area contributed by atoms with Gasteiger partial charge in [0.1, 0.15) is 0 Å². The Labute approximate surface area is 197 Å². The quantitative estimate of drug-likeness (QED) is 0.357. The van der Waals surface area contributed by atoms with Crippen molar-refractivity contribution >= 4 is 40.1 Å². The molecule has 5 nitrogen and oxygen atoms in total. The van der Waals surface area contributed by atoms with Crippen LogP contribution >= 0.6 is 11.6 Å². The lowest BCUT2D eigenvalue weighted by atomic mass is 9.97. The molecule has 0 radical (unpaired) electrons. The van der Waals surface area contributed by atoms with Gasteiger partial charge in [0.15, 0.2) is 6.61 Å². The van der Waals surface area contributed by atoms with Gasteiger partial charge in [-0.3, -0.25) is 4.79 Å². The molecule has 33 heavy (non-hydrogen) atoms. The second-order valence-electron chi connectivity index (χ2n) is 7.93. The lowest BCUT2D eigenvalue weighted by molar-refractivity contribution is -0.119. The smallest absolute Gasteiger partial charge is 0.339 e. The van der Waals surface area contributed by atoms with Gasteiger partial charge in [-0.2, -0.15) is 0 Å². The molecule has 166 valence electrons. The molecule has 0 aliphatic heterocycles. The number of amides is 1. The summed E-state index contributed by atoms with van der Waals surface area (Å²) in [5.74, 6) is -1.02. The molecule has 0 bridgehead atoms. The maximum Gasteiger partial charge on any atom is 0.339 e. The third-order valence-electron chi connectivity index (χ3n) is 5.45. The fraction of sp³-hybridized carbons (Fsp3) is 0.148. The Morgan fingerprint density at radius 3 is 2.42 bits per heavy atom. The maximum atomic E-state index is 13.1. The van der Waals surface area contributed by atoms with E-state index in [4.69, 9.17) is 21.3 Å². The predicted molar refractivity (Wildman–Crippen MR) is 132 cm³/mol. The predicted octanol–water partition coefficient (Wildman–Crippen LogP) is 6.28. The van der Waals surface area contributed by atoms with Gasteiger partial charge in [0, 0.05) is 21.7 Å². The molecular formula is C27H23ClN2O3. The monoisotopic (exact) mass is 458 g/mol. The summed E-state index contributed by atoms with van der Waals surface area (Å²) < 4.78 is 5.40. The van der Waals surface area contributed by atoms with Gasteiger partial charge in [-0.05, 0) is 50.1 Å². The van der Waals surface area contributed by atoms with Crippen LogP contribution in [0.5, 0.6) is 0 Å². The van der Waals surface area contributed by atoms with E-state index in [9.17, 15) is 9.59 Å². The number of nitrogens with one attached hydrogen (secondary N) is 1. The van der Waals surface area contributed by atoms with E-state index in [1.807, 2.05) is 75.4 Å². The van der Waals surface area contributed by atoms with E-state index in [0.29, 0.717) is 38.4 Å². The van der Waals surface area contributed by atoms with Crippen molar-refractivity contribution in [3.05, 3.63) is 94.0 Å². The molecule has 1 aromatic heterocycles. The largest absolute Gasteiger partial charge is 0.452 e. The van der Waals surface area contributed by atoms with Crippen LogP contribution in [0.15, 0.2) is 66.7 Å². The minimum atomic E-state index is -0.573. The topological polar surface area (TPSA) is 68.3 Å². The van der Waals surface area contributed by atoms with Gasteiger partial charge in [-0.15, -0.1) is 0 Å². The first-order valence-corrected chi connectivity index (χ1v) is 10.9. The van der Waals surface area contributed by atoms with Gasteiger partial charge >= 0.3 is 5.97 Å². The average molecular weight is 459 g/mol. The van der Waals surface area contributed by atoms with Crippen molar-refractivity contribution < 1.29 is 14.3 Å². The fourth-order valence-corrected chi connectivity index (χ4v) is 3.81. The molecule has 4 aromatic rings. The standard InChI is InChI=1S/C27H23ClN2O3/c1-16-8-11-19(12-9-16)26-18(3)25(21-6-4-5-7-23(21)30-26)27(32)33-15-24(31)29-20-13-10-17(2)22(28)14-20/h4-14H,15H2,1-3H3,(H,29,31). The van der Waals surface area contributed by atoms with E-state index in [-0.39, 0.29) is 0 Å². The number of hydrogen-bond donors (Lipinski definition) is 1. The molecule has 0 saturated carbocycles. The van der Waals surface area contributed by atoms with Gasteiger partial charge in [0.2, 0.25) is 0 Å². The molecule has 0 fully saturated rings. The zero-order chi connectivity index (χ0) is 23.5. The molecule has 0 aliphatic carbocycles. The van der Waals surface area contributed by atoms with Crippen LogP contribution in [-0.2, 0) is 9.53 Å². The number of anilines is 1. The van der Waals surface area contributed by atoms with Gasteiger partial charge in [-0.25, -0.2) is 9.78 Å². The Hall–Kier alpha value is -3.70. The number of aromatic nitrogens is 1. The second kappa shape index (κ2) is 9.43. The summed E-state index contributed by atoms with van der Waals surface area (Å²) in [5, 5.41) is 3.93. The first-order chi connectivity index (χ1) is 15.8. The number of benzene rings is 3. The van der Waals surface area contributed by atoms with Crippen molar-refractivity contribution in [3.63, 3.8) is 0 Å². The molecule has 1 heterocycles. The Kier molecular flexibility index (Phi) is 6.43. The van der Waals surface area contributed by atoms with Crippen LogP contribution in [0.1, 0.15) is 27.0 Å². The number of esters is 1. The van der Waals surface area contributed by atoms with Gasteiger partial charge in [0.25, 0.3) is 5.91 Å². The number of aryl methyl sites for hydroxylation is 2. The van der Waals surface area contributed by atoms with Crippen molar-refractivity contribution in [1.29, 1.82) is 0 Å². The lowest BCUT2D eigenvalue weighted by Gasteiger charge is -2.14. The summed E-state index contributed by atoms with van der Waals surface area (Å²) in [6.45, 7) is 5.32. The number of fused-ring (bicyclic) bond motifs is 1. The summed E-state index contributed by atoms with van der Waals surface area (Å²) in [6, 6.07) is 20.6. The number of para-hydroxylation sites is 1. The highest BCUT2D eigenvalue weighted by molar-refractivity contribution is 6.31. The summed E-state index contributed by atoms with van der Waals surface area (Å²) in [4.78, 5) is 30.3. The number of ether oxygens (including phenoxy) is 1. The van der Waals surface area contributed by atoms with Crippen LogP contribution in [0, 0.1) is 20.8 Å². The maximum absolute atomic E-state index is 13.1. The summed E-state index contributed by atoms with van der Waals surface area (Å²) in [6.07, 6.45) is 0. The lowest BCUT2D eigenvalue weighted by Crippen LogP contribution is -2.21. The summed E-state index contributed by atoms with van der Waals surface area (Å²) >= 11 is 6.11. The third kappa shape index (κ3) is 4.89. The SMILES string of the molecule is Cc1ccc(-c2nc3ccccc3c(C(=O)OCC(=O)Nc3ccc(C)c(Cl)c3)c2C)cc1. The van der Waals surface area contributed by atoms with E-state index in [1.165, 1.54) is 0 Å². The summed E-state index contributed by atoms with van der Waals surface area (Å²) in [5.41, 5.74) is 5.99. The minimum absolute atomic E-state index is 0.405. The van der Waals surface area contributed by atoms with E-state index in [1.54, 1.807) is 12.1 Å². The van der Waals surface area contributed by atoms with Gasteiger partial charge in [-0.1, -0.05) is 65.7 Å². The molecule has 0 unspecified atom stereocenters. The number of hydrogen-bond acceptors (Lipinski definition) is 4. The van der Waals surface area contributed by atoms with Crippen LogP contribution in [-0.4, -0.2) is 23.5 Å². The van der Waals surface area contributed by atoms with Crippen molar-refractivity contribution in [2.45, 2.75) is 20.8 Å². The molecule has 0 saturated heterocycles. The van der Waals surface area contributed by atoms with Crippen molar-refractivity contribution in [1.82, 2.24) is 4.98 Å². The fourth-order valence-electron chi connectivity index (χ4n) is 3.63. The van der Waals surface area contributed by atoms with Crippen molar-refractivity contribution in [3.8, 4) is 11.3 Å². The molecule has 1 amide bonds. The molecule has 6 heteroatoms. The first kappa shape index (κ1) is 22.5. The highest BCUT2D eigenvalue weighted by Gasteiger charge is 2.21. The summed E-state index contributed by atoms with van der Waals surface area (Å²) in [7, 11) is 0. The van der Waals surface area contributed by atoms with Crippen LogP contribution in [0.4, 0.5) is 5.69 Å². The number of nitrogens with zero attached hydrogens (tertiary/aromatic N) is 1. The Balaban J connectivity index is 1.60. The van der Waals surface area contributed by atoms with Gasteiger partial charge < -0.3 is 10.1 Å². The number of carbonyl (C=O) groups excluding carboxylic acids is 2. The second-order valence-corrected chi connectivity index (χ2v) is 8.34. The number of halogens is 1. The van der Waals surface area contributed by atoms with Crippen LogP contribution in [0.2, 0.25) is 5.02 Å².